The van der Waals surface area contributed by atoms with Crippen LogP contribution in [0.2, 0.25) is 0 Å². The molecule has 0 aromatic heterocycles. The van der Waals surface area contributed by atoms with Crippen molar-refractivity contribution in [3.8, 4) is 0 Å². The third kappa shape index (κ3) is 3.94. The highest BCUT2D eigenvalue weighted by molar-refractivity contribution is 6.83. The zero-order valence-electron chi connectivity index (χ0n) is 16.2. The highest BCUT2D eigenvalue weighted by atomic mass is 28.3. The molecule has 0 aliphatic heterocycles. The van der Waals surface area contributed by atoms with Gasteiger partial charge in [-0.1, -0.05) is 91.0 Å². The normalized spacial score (nSPS) is 11.3. The lowest BCUT2D eigenvalue weighted by Crippen LogP contribution is -2.46. The van der Waals surface area contributed by atoms with Crippen molar-refractivity contribution in [2.75, 3.05) is 6.61 Å². The van der Waals surface area contributed by atoms with Crippen molar-refractivity contribution >= 4 is 41.0 Å². The minimum atomic E-state index is -1.83. The van der Waals surface area contributed by atoms with Gasteiger partial charge in [0.05, 0.1) is 0 Å². The van der Waals surface area contributed by atoms with Crippen LogP contribution in [-0.2, 0) is 4.43 Å². The summed E-state index contributed by atoms with van der Waals surface area (Å²) in [6.45, 7) is 4.63. The average Bonchev–Trinajstić information content (AvgIpc) is 2.76. The second-order valence-corrected chi connectivity index (χ2v) is 9.51. The van der Waals surface area contributed by atoms with Crippen LogP contribution in [0.5, 0.6) is 0 Å². The second-order valence-electron chi connectivity index (χ2n) is 7.17. The standard InChI is InChI=1S/C26H26OSi/c1-2-3-4-9-20-27-28(25-18-10-14-21-12-5-7-16-23(21)25)26-19-11-15-22-13-6-8-17-24(22)26/h2,5-8,10-19,28H,1,3-4,9,20H2. The molecule has 1 nitrogen and oxygen atoms in total. The summed E-state index contributed by atoms with van der Waals surface area (Å²) in [6, 6.07) is 30.6. The van der Waals surface area contributed by atoms with Gasteiger partial charge in [0, 0.05) is 6.61 Å². The van der Waals surface area contributed by atoms with E-state index in [1.165, 1.54) is 31.9 Å². The van der Waals surface area contributed by atoms with Crippen molar-refractivity contribution in [2.45, 2.75) is 19.3 Å². The fourth-order valence-electron chi connectivity index (χ4n) is 3.90. The Labute approximate surface area is 169 Å². The fourth-order valence-corrected chi connectivity index (χ4v) is 6.66. The van der Waals surface area contributed by atoms with Crippen LogP contribution in [-0.4, -0.2) is 15.6 Å². The maximum absolute atomic E-state index is 6.68. The maximum Gasteiger partial charge on any atom is 0.241 e. The van der Waals surface area contributed by atoms with E-state index in [2.05, 4.69) is 91.5 Å². The first-order chi connectivity index (χ1) is 13.9. The predicted octanol–water partition coefficient (Wildman–Crippen LogP) is 5.20. The van der Waals surface area contributed by atoms with Crippen molar-refractivity contribution < 1.29 is 4.43 Å². The van der Waals surface area contributed by atoms with Crippen LogP contribution in [0.4, 0.5) is 0 Å². The van der Waals surface area contributed by atoms with Crippen LogP contribution in [0.15, 0.2) is 97.6 Å². The Morgan fingerprint density at radius 2 is 1.21 bits per heavy atom. The first-order valence-electron chi connectivity index (χ1n) is 10.1. The number of rotatable bonds is 8. The summed E-state index contributed by atoms with van der Waals surface area (Å²) in [6.07, 6.45) is 5.25. The third-order valence-electron chi connectivity index (χ3n) is 5.30. The Morgan fingerprint density at radius 1 is 0.679 bits per heavy atom. The van der Waals surface area contributed by atoms with Gasteiger partial charge in [0.15, 0.2) is 0 Å². The minimum Gasteiger partial charge on any atom is -0.411 e. The highest BCUT2D eigenvalue weighted by Gasteiger charge is 2.22. The molecular formula is C26H26OSi. The maximum atomic E-state index is 6.68. The molecule has 0 N–H and O–H groups in total. The summed E-state index contributed by atoms with van der Waals surface area (Å²) in [5.41, 5.74) is 0. The molecule has 2 heteroatoms. The molecular weight excluding hydrogens is 356 g/mol. The first kappa shape index (κ1) is 18.7. The average molecular weight is 383 g/mol. The largest absolute Gasteiger partial charge is 0.411 e. The summed E-state index contributed by atoms with van der Waals surface area (Å²) < 4.78 is 6.68. The zero-order chi connectivity index (χ0) is 19.2. The smallest absolute Gasteiger partial charge is 0.241 e. The van der Waals surface area contributed by atoms with Crippen LogP contribution < -0.4 is 10.4 Å². The van der Waals surface area contributed by atoms with Gasteiger partial charge in [0.25, 0.3) is 0 Å². The van der Waals surface area contributed by atoms with Crippen LogP contribution >= 0.6 is 0 Å². The van der Waals surface area contributed by atoms with Gasteiger partial charge < -0.3 is 4.43 Å². The molecule has 0 amide bonds. The van der Waals surface area contributed by atoms with E-state index in [9.17, 15) is 0 Å². The van der Waals surface area contributed by atoms with Crippen molar-refractivity contribution in [3.05, 3.63) is 97.6 Å². The van der Waals surface area contributed by atoms with E-state index >= 15 is 0 Å². The topological polar surface area (TPSA) is 9.23 Å². The van der Waals surface area contributed by atoms with Gasteiger partial charge in [-0.05, 0) is 51.2 Å². The molecule has 4 rings (SSSR count). The van der Waals surface area contributed by atoms with Crippen molar-refractivity contribution in [1.29, 1.82) is 0 Å². The monoisotopic (exact) mass is 382 g/mol. The SMILES string of the molecule is C=CCCCCO[SiH](c1cccc2ccccc12)c1cccc2ccccc12. The molecule has 28 heavy (non-hydrogen) atoms. The molecule has 0 bridgehead atoms. The number of allylic oxidation sites excluding steroid dienone is 1. The Kier molecular flexibility index (Phi) is 6.00. The number of fused-ring (bicyclic) bond motifs is 2. The quantitative estimate of drug-likeness (QED) is 0.231. The molecule has 0 aliphatic carbocycles. The van der Waals surface area contributed by atoms with Crippen LogP contribution in [0.3, 0.4) is 0 Å². The van der Waals surface area contributed by atoms with E-state index in [1.54, 1.807) is 0 Å². The second kappa shape index (κ2) is 9.00. The molecule has 140 valence electrons. The lowest BCUT2D eigenvalue weighted by molar-refractivity contribution is 0.322. The van der Waals surface area contributed by atoms with Gasteiger partial charge in [-0.15, -0.1) is 6.58 Å². The van der Waals surface area contributed by atoms with E-state index in [-0.39, 0.29) is 0 Å². The molecule has 0 radical (unpaired) electrons. The van der Waals surface area contributed by atoms with Crippen LogP contribution in [0.1, 0.15) is 19.3 Å². The van der Waals surface area contributed by atoms with Crippen molar-refractivity contribution in [1.82, 2.24) is 0 Å². The Bertz CT molecular complexity index is 996. The molecule has 0 saturated carbocycles. The van der Waals surface area contributed by atoms with Crippen molar-refractivity contribution in [2.24, 2.45) is 0 Å². The summed E-state index contributed by atoms with van der Waals surface area (Å²) in [4.78, 5) is 0. The molecule has 0 spiro atoms. The number of unbranched alkanes of at least 4 members (excludes halogenated alkanes) is 2. The lowest BCUT2D eigenvalue weighted by atomic mass is 10.1. The Morgan fingerprint density at radius 3 is 1.79 bits per heavy atom. The van der Waals surface area contributed by atoms with Crippen molar-refractivity contribution in [3.63, 3.8) is 0 Å². The van der Waals surface area contributed by atoms with Crippen LogP contribution in [0, 0.1) is 0 Å². The summed E-state index contributed by atoms with van der Waals surface area (Å²) in [5.74, 6) is 0. The van der Waals surface area contributed by atoms with E-state index < -0.39 is 9.04 Å². The molecule has 0 heterocycles. The van der Waals surface area contributed by atoms with Gasteiger partial charge in [-0.2, -0.15) is 0 Å². The van der Waals surface area contributed by atoms with E-state index in [1.807, 2.05) is 6.08 Å². The van der Waals surface area contributed by atoms with Crippen LogP contribution in [0.25, 0.3) is 21.5 Å². The Hall–Kier alpha value is -2.68. The molecule has 4 aromatic carbocycles. The van der Waals surface area contributed by atoms with E-state index in [0.29, 0.717) is 0 Å². The van der Waals surface area contributed by atoms with E-state index in [0.717, 1.165) is 25.9 Å². The molecule has 0 fully saturated rings. The minimum absolute atomic E-state index is 0.803. The molecule has 0 atom stereocenters. The van der Waals surface area contributed by atoms with Gasteiger partial charge in [-0.3, -0.25) is 0 Å². The number of benzene rings is 4. The summed E-state index contributed by atoms with van der Waals surface area (Å²) >= 11 is 0. The van der Waals surface area contributed by atoms with Gasteiger partial charge >= 0.3 is 0 Å². The van der Waals surface area contributed by atoms with Gasteiger partial charge in [-0.25, -0.2) is 0 Å². The number of hydrogen-bond acceptors (Lipinski definition) is 1. The van der Waals surface area contributed by atoms with Gasteiger partial charge in [0.2, 0.25) is 9.04 Å². The predicted molar refractivity (Wildman–Crippen MR) is 124 cm³/mol. The number of hydrogen-bond donors (Lipinski definition) is 0. The Balaban J connectivity index is 1.78. The molecule has 0 aliphatic rings. The lowest BCUT2D eigenvalue weighted by Gasteiger charge is -2.21. The summed E-state index contributed by atoms with van der Waals surface area (Å²) in [7, 11) is -1.83. The van der Waals surface area contributed by atoms with Gasteiger partial charge in [0.1, 0.15) is 0 Å². The first-order valence-corrected chi connectivity index (χ1v) is 11.7. The highest BCUT2D eigenvalue weighted by Crippen LogP contribution is 2.16. The zero-order valence-corrected chi connectivity index (χ0v) is 17.3. The molecule has 0 unspecified atom stereocenters. The summed E-state index contributed by atoms with van der Waals surface area (Å²) in [5, 5.41) is 7.96. The molecule has 4 aromatic rings. The third-order valence-corrected chi connectivity index (χ3v) is 8.00. The van der Waals surface area contributed by atoms with E-state index in [4.69, 9.17) is 4.43 Å². The fraction of sp³-hybridized carbons (Fsp3) is 0.154. The molecule has 0 saturated heterocycles.